The zero-order valence-electron chi connectivity index (χ0n) is 19.3. The third kappa shape index (κ3) is 9.77. The molecule has 0 saturated carbocycles. The molecule has 0 aliphatic carbocycles. The third-order valence-electron chi connectivity index (χ3n) is 5.34. The van der Waals surface area contributed by atoms with E-state index in [9.17, 15) is 4.79 Å². The standard InChI is InChI=1S/C26H38N2O3/c1-4-5-6-7-8-9-10-11-20-31-25-18-14-23(15-19-25)28-26(29)27-21(2)22-12-16-24(30-3)17-13-22/h12-19,21H,4-11,20H2,1-3H3,(H2,27,28,29)/t21-/m0/s1. The normalized spacial score (nSPS) is 11.6. The molecule has 0 unspecified atom stereocenters. The molecule has 31 heavy (non-hydrogen) atoms. The number of methoxy groups -OCH3 is 1. The lowest BCUT2D eigenvalue weighted by atomic mass is 10.1. The molecule has 0 aliphatic rings. The van der Waals surface area contributed by atoms with Gasteiger partial charge in [0.05, 0.1) is 19.8 Å². The van der Waals surface area contributed by atoms with Crippen molar-refractivity contribution < 1.29 is 14.3 Å². The zero-order valence-corrected chi connectivity index (χ0v) is 19.3. The summed E-state index contributed by atoms with van der Waals surface area (Å²) in [5, 5.41) is 5.81. The summed E-state index contributed by atoms with van der Waals surface area (Å²) in [5.74, 6) is 1.63. The molecule has 0 heterocycles. The second-order valence-corrected chi connectivity index (χ2v) is 7.94. The number of anilines is 1. The number of urea groups is 1. The van der Waals surface area contributed by atoms with Gasteiger partial charge in [-0.2, -0.15) is 0 Å². The van der Waals surface area contributed by atoms with Crippen molar-refractivity contribution in [3.8, 4) is 11.5 Å². The molecule has 2 aromatic rings. The molecule has 0 aliphatic heterocycles. The van der Waals surface area contributed by atoms with Crippen molar-refractivity contribution in [2.45, 2.75) is 71.3 Å². The molecule has 1 atom stereocenters. The molecule has 0 aromatic heterocycles. The highest BCUT2D eigenvalue weighted by molar-refractivity contribution is 5.89. The fraction of sp³-hybridized carbons (Fsp3) is 0.500. The Morgan fingerprint density at radius 2 is 1.42 bits per heavy atom. The molecule has 0 saturated heterocycles. The summed E-state index contributed by atoms with van der Waals surface area (Å²) in [6.07, 6.45) is 10.3. The lowest BCUT2D eigenvalue weighted by molar-refractivity contribution is 0.249. The van der Waals surface area contributed by atoms with E-state index < -0.39 is 0 Å². The first-order chi connectivity index (χ1) is 15.1. The van der Waals surface area contributed by atoms with Gasteiger partial charge in [-0.3, -0.25) is 0 Å². The molecule has 0 fully saturated rings. The smallest absolute Gasteiger partial charge is 0.319 e. The quantitative estimate of drug-likeness (QED) is 0.317. The van der Waals surface area contributed by atoms with Gasteiger partial charge >= 0.3 is 6.03 Å². The predicted molar refractivity (Wildman–Crippen MR) is 128 cm³/mol. The van der Waals surface area contributed by atoms with Crippen molar-refractivity contribution in [3.63, 3.8) is 0 Å². The molecule has 2 rings (SSSR count). The van der Waals surface area contributed by atoms with Crippen LogP contribution < -0.4 is 20.1 Å². The van der Waals surface area contributed by atoms with E-state index in [1.54, 1.807) is 7.11 Å². The van der Waals surface area contributed by atoms with E-state index in [2.05, 4.69) is 17.6 Å². The SMILES string of the molecule is CCCCCCCCCCOc1ccc(NC(=O)N[C@@H](C)c2ccc(OC)cc2)cc1. The summed E-state index contributed by atoms with van der Waals surface area (Å²) in [6.45, 7) is 4.93. The Hall–Kier alpha value is -2.69. The summed E-state index contributed by atoms with van der Waals surface area (Å²) in [4.78, 5) is 12.3. The average molecular weight is 427 g/mol. The number of nitrogens with one attached hydrogen (secondary N) is 2. The van der Waals surface area contributed by atoms with Crippen molar-refractivity contribution in [1.29, 1.82) is 0 Å². The van der Waals surface area contributed by atoms with E-state index in [1.165, 1.54) is 44.9 Å². The number of carbonyl (C=O) groups excluding carboxylic acids is 1. The van der Waals surface area contributed by atoms with Gasteiger partial charge in [0.15, 0.2) is 0 Å². The molecule has 5 heteroatoms. The van der Waals surface area contributed by atoms with Crippen molar-refractivity contribution in [2.24, 2.45) is 0 Å². The average Bonchev–Trinajstić information content (AvgIpc) is 2.79. The fourth-order valence-electron chi connectivity index (χ4n) is 3.40. The molecule has 2 N–H and O–H groups in total. The van der Waals surface area contributed by atoms with Crippen molar-refractivity contribution >= 4 is 11.7 Å². The van der Waals surface area contributed by atoms with Gasteiger partial charge in [-0.1, -0.05) is 64.0 Å². The Kier molecular flexibility index (Phi) is 11.4. The van der Waals surface area contributed by atoms with Crippen molar-refractivity contribution in [2.75, 3.05) is 19.0 Å². The van der Waals surface area contributed by atoms with Crippen molar-refractivity contribution in [3.05, 3.63) is 54.1 Å². The van der Waals surface area contributed by atoms with E-state index in [0.717, 1.165) is 35.8 Å². The van der Waals surface area contributed by atoms with Gasteiger partial charge < -0.3 is 20.1 Å². The van der Waals surface area contributed by atoms with Gasteiger partial charge in [-0.25, -0.2) is 4.79 Å². The van der Waals surface area contributed by atoms with Gasteiger partial charge in [0.1, 0.15) is 11.5 Å². The van der Waals surface area contributed by atoms with Gasteiger partial charge in [0, 0.05) is 5.69 Å². The molecule has 0 spiro atoms. The number of ether oxygens (including phenoxy) is 2. The van der Waals surface area contributed by atoms with E-state index in [0.29, 0.717) is 0 Å². The molecule has 0 radical (unpaired) electrons. The monoisotopic (exact) mass is 426 g/mol. The lowest BCUT2D eigenvalue weighted by Crippen LogP contribution is -2.31. The van der Waals surface area contributed by atoms with Crippen LogP contribution in [0.4, 0.5) is 10.5 Å². The maximum atomic E-state index is 12.3. The van der Waals surface area contributed by atoms with Crippen LogP contribution in [0.1, 0.15) is 76.8 Å². The summed E-state index contributed by atoms with van der Waals surface area (Å²) < 4.78 is 11.0. The minimum Gasteiger partial charge on any atom is -0.497 e. The topological polar surface area (TPSA) is 59.6 Å². The minimum absolute atomic E-state index is 0.111. The van der Waals surface area contributed by atoms with Gasteiger partial charge in [-0.15, -0.1) is 0 Å². The molecule has 5 nitrogen and oxygen atoms in total. The summed E-state index contributed by atoms with van der Waals surface area (Å²) >= 11 is 0. The highest BCUT2D eigenvalue weighted by Crippen LogP contribution is 2.19. The highest BCUT2D eigenvalue weighted by Gasteiger charge is 2.10. The van der Waals surface area contributed by atoms with E-state index in [-0.39, 0.29) is 12.1 Å². The first-order valence-electron chi connectivity index (χ1n) is 11.6. The Bertz CT molecular complexity index is 744. The molecule has 0 bridgehead atoms. The first kappa shape index (κ1) is 24.6. The van der Waals surface area contributed by atoms with Crippen LogP contribution >= 0.6 is 0 Å². The Labute approximate surface area is 187 Å². The number of hydrogen-bond acceptors (Lipinski definition) is 3. The predicted octanol–water partition coefficient (Wildman–Crippen LogP) is 7.10. The second kappa shape index (κ2) is 14.3. The van der Waals surface area contributed by atoms with Crippen LogP contribution in [0.15, 0.2) is 48.5 Å². The van der Waals surface area contributed by atoms with Gasteiger partial charge in [-0.05, 0) is 55.3 Å². The van der Waals surface area contributed by atoms with Crippen LogP contribution in [0.2, 0.25) is 0 Å². The Morgan fingerprint density at radius 3 is 2.03 bits per heavy atom. The highest BCUT2D eigenvalue weighted by atomic mass is 16.5. The van der Waals surface area contributed by atoms with E-state index in [1.807, 2.05) is 55.5 Å². The maximum Gasteiger partial charge on any atom is 0.319 e. The Morgan fingerprint density at radius 1 is 0.839 bits per heavy atom. The minimum atomic E-state index is -0.240. The second-order valence-electron chi connectivity index (χ2n) is 7.94. The number of carbonyl (C=O) groups is 1. The number of unbranched alkanes of at least 4 members (excludes halogenated alkanes) is 7. The van der Waals surface area contributed by atoms with E-state index in [4.69, 9.17) is 9.47 Å². The number of amides is 2. The molecular formula is C26H38N2O3. The summed E-state index contributed by atoms with van der Waals surface area (Å²) in [5.41, 5.74) is 1.75. The number of benzene rings is 2. The molecular weight excluding hydrogens is 388 g/mol. The fourth-order valence-corrected chi connectivity index (χ4v) is 3.40. The van der Waals surface area contributed by atoms with Crippen LogP contribution in [0.25, 0.3) is 0 Å². The van der Waals surface area contributed by atoms with E-state index >= 15 is 0 Å². The number of hydrogen-bond donors (Lipinski definition) is 2. The first-order valence-corrected chi connectivity index (χ1v) is 11.6. The lowest BCUT2D eigenvalue weighted by Gasteiger charge is -2.15. The van der Waals surface area contributed by atoms with Crippen LogP contribution in [-0.2, 0) is 0 Å². The van der Waals surface area contributed by atoms with Crippen LogP contribution in [0.3, 0.4) is 0 Å². The largest absolute Gasteiger partial charge is 0.497 e. The summed E-state index contributed by atoms with van der Waals surface area (Å²) in [6, 6.07) is 14.8. The Balaban J connectivity index is 1.64. The summed E-state index contributed by atoms with van der Waals surface area (Å²) in [7, 11) is 1.64. The van der Waals surface area contributed by atoms with Gasteiger partial charge in [0.2, 0.25) is 0 Å². The van der Waals surface area contributed by atoms with Crippen LogP contribution in [0, 0.1) is 0 Å². The zero-order chi connectivity index (χ0) is 22.3. The molecule has 2 amide bonds. The van der Waals surface area contributed by atoms with Crippen LogP contribution in [-0.4, -0.2) is 19.7 Å². The third-order valence-corrected chi connectivity index (χ3v) is 5.34. The molecule has 2 aromatic carbocycles. The molecule has 170 valence electrons. The van der Waals surface area contributed by atoms with Crippen LogP contribution in [0.5, 0.6) is 11.5 Å². The maximum absolute atomic E-state index is 12.3. The van der Waals surface area contributed by atoms with Crippen molar-refractivity contribution in [1.82, 2.24) is 5.32 Å². The van der Waals surface area contributed by atoms with Gasteiger partial charge in [0.25, 0.3) is 0 Å². The number of rotatable bonds is 14.